The maximum absolute atomic E-state index is 13.3. The van der Waals surface area contributed by atoms with Crippen molar-refractivity contribution in [2.45, 2.75) is 13.5 Å². The summed E-state index contributed by atoms with van der Waals surface area (Å²) in [6.45, 7) is 2.17. The minimum Gasteiger partial charge on any atom is -0.348 e. The molecule has 134 valence electrons. The number of nitrogens with one attached hydrogen (secondary N) is 1. The lowest BCUT2D eigenvalue weighted by Crippen LogP contribution is -2.23. The van der Waals surface area contributed by atoms with Crippen molar-refractivity contribution in [2.75, 3.05) is 0 Å². The molecule has 0 unspecified atom stereocenters. The van der Waals surface area contributed by atoms with Crippen molar-refractivity contribution in [3.05, 3.63) is 83.3 Å². The largest absolute Gasteiger partial charge is 0.348 e. The van der Waals surface area contributed by atoms with Crippen molar-refractivity contribution >= 4 is 17.1 Å². The van der Waals surface area contributed by atoms with Gasteiger partial charge in [-0.3, -0.25) is 4.79 Å². The smallest absolute Gasteiger partial charge is 0.251 e. The molecule has 0 atom stereocenters. The van der Waals surface area contributed by atoms with Crippen LogP contribution in [0.2, 0.25) is 0 Å². The monoisotopic (exact) mass is 361 g/mol. The molecule has 0 aliphatic rings. The molecule has 6 nitrogen and oxygen atoms in total. The molecule has 0 saturated heterocycles. The number of hydrogen-bond donors (Lipinski definition) is 1. The standard InChI is InChI=1S/C20H16FN5O/c1-13-7-8-15(20(27)23-12-14-4-2-5-16(21)10-14)11-18(13)26-19-17(24-25-26)6-3-9-22-19/h2-11H,12H2,1H3,(H,23,27). The number of halogens is 1. The molecule has 0 fully saturated rings. The lowest BCUT2D eigenvalue weighted by Gasteiger charge is -2.10. The number of amides is 1. The predicted octanol–water partition coefficient (Wildman–Crippen LogP) is 3.19. The summed E-state index contributed by atoms with van der Waals surface area (Å²) in [6.07, 6.45) is 1.67. The Morgan fingerprint density at radius 1 is 1.15 bits per heavy atom. The Hall–Kier alpha value is -3.61. The van der Waals surface area contributed by atoms with Crippen LogP contribution in [0.5, 0.6) is 0 Å². The zero-order valence-electron chi connectivity index (χ0n) is 14.6. The number of fused-ring (bicyclic) bond motifs is 1. The van der Waals surface area contributed by atoms with Crippen LogP contribution in [0, 0.1) is 12.7 Å². The molecule has 4 aromatic rings. The van der Waals surface area contributed by atoms with Crippen LogP contribution in [-0.2, 0) is 6.54 Å². The van der Waals surface area contributed by atoms with Crippen molar-refractivity contribution in [1.29, 1.82) is 0 Å². The first-order valence-electron chi connectivity index (χ1n) is 8.42. The van der Waals surface area contributed by atoms with Crippen molar-refractivity contribution < 1.29 is 9.18 Å². The highest BCUT2D eigenvalue weighted by molar-refractivity contribution is 5.95. The molecule has 2 heterocycles. The third-order valence-corrected chi connectivity index (χ3v) is 4.25. The Morgan fingerprint density at radius 2 is 2.04 bits per heavy atom. The fourth-order valence-corrected chi connectivity index (χ4v) is 2.84. The van der Waals surface area contributed by atoms with E-state index >= 15 is 0 Å². The van der Waals surface area contributed by atoms with E-state index in [4.69, 9.17) is 0 Å². The molecule has 2 aromatic heterocycles. The zero-order chi connectivity index (χ0) is 18.8. The second-order valence-electron chi connectivity index (χ2n) is 6.16. The Morgan fingerprint density at radius 3 is 2.89 bits per heavy atom. The molecule has 27 heavy (non-hydrogen) atoms. The van der Waals surface area contributed by atoms with Gasteiger partial charge in [-0.2, -0.15) is 4.68 Å². The minimum absolute atomic E-state index is 0.244. The molecular formula is C20H16FN5O. The number of carbonyl (C=O) groups excluding carboxylic acids is 1. The van der Waals surface area contributed by atoms with Gasteiger partial charge in [0.15, 0.2) is 5.65 Å². The molecule has 4 rings (SSSR count). The average Bonchev–Trinajstić information content (AvgIpc) is 3.10. The second kappa shape index (κ2) is 6.95. The molecule has 1 N–H and O–H groups in total. The first kappa shape index (κ1) is 16.8. The molecular weight excluding hydrogens is 345 g/mol. The van der Waals surface area contributed by atoms with E-state index in [0.717, 1.165) is 11.3 Å². The molecule has 0 aliphatic carbocycles. The number of benzene rings is 2. The van der Waals surface area contributed by atoms with E-state index < -0.39 is 0 Å². The van der Waals surface area contributed by atoms with Crippen LogP contribution in [0.3, 0.4) is 0 Å². The fraction of sp³-hybridized carbons (Fsp3) is 0.100. The molecule has 0 radical (unpaired) electrons. The maximum Gasteiger partial charge on any atom is 0.251 e. The van der Waals surface area contributed by atoms with Crippen LogP contribution >= 0.6 is 0 Å². The van der Waals surface area contributed by atoms with Crippen LogP contribution in [0.4, 0.5) is 4.39 Å². The summed E-state index contributed by atoms with van der Waals surface area (Å²) in [5.41, 5.74) is 4.15. The summed E-state index contributed by atoms with van der Waals surface area (Å²) in [5.74, 6) is -0.581. The van der Waals surface area contributed by atoms with Crippen LogP contribution in [0.25, 0.3) is 16.9 Å². The summed E-state index contributed by atoms with van der Waals surface area (Å²) in [5, 5.41) is 11.1. The topological polar surface area (TPSA) is 72.7 Å². The first-order valence-corrected chi connectivity index (χ1v) is 8.42. The van der Waals surface area contributed by atoms with E-state index in [9.17, 15) is 9.18 Å². The Bertz CT molecular complexity index is 1140. The molecule has 0 bridgehead atoms. The number of carbonyl (C=O) groups is 1. The Kier molecular flexibility index (Phi) is 4.33. The van der Waals surface area contributed by atoms with E-state index in [2.05, 4.69) is 20.6 Å². The van der Waals surface area contributed by atoms with Crippen LogP contribution in [0.1, 0.15) is 21.5 Å². The summed E-state index contributed by atoms with van der Waals surface area (Å²) in [7, 11) is 0. The number of aromatic nitrogens is 4. The van der Waals surface area contributed by atoms with Crippen LogP contribution in [-0.4, -0.2) is 25.9 Å². The number of rotatable bonds is 4. The van der Waals surface area contributed by atoms with Gasteiger partial charge in [-0.05, 0) is 54.4 Å². The van der Waals surface area contributed by atoms with Crippen molar-refractivity contribution in [2.24, 2.45) is 0 Å². The predicted molar refractivity (Wildman–Crippen MR) is 99.0 cm³/mol. The number of hydrogen-bond acceptors (Lipinski definition) is 4. The van der Waals surface area contributed by atoms with E-state index in [1.165, 1.54) is 12.1 Å². The van der Waals surface area contributed by atoms with Gasteiger partial charge >= 0.3 is 0 Å². The van der Waals surface area contributed by atoms with Gasteiger partial charge in [-0.25, -0.2) is 9.37 Å². The number of nitrogens with zero attached hydrogens (tertiary/aromatic N) is 4. The molecule has 7 heteroatoms. The summed E-state index contributed by atoms with van der Waals surface area (Å²) >= 11 is 0. The van der Waals surface area contributed by atoms with Gasteiger partial charge in [-0.15, -0.1) is 5.10 Å². The highest BCUT2D eigenvalue weighted by atomic mass is 19.1. The van der Waals surface area contributed by atoms with Crippen molar-refractivity contribution in [3.63, 3.8) is 0 Å². The van der Waals surface area contributed by atoms with Crippen LogP contribution < -0.4 is 5.32 Å². The molecule has 0 saturated carbocycles. The number of pyridine rings is 1. The van der Waals surface area contributed by atoms with Gasteiger partial charge < -0.3 is 5.32 Å². The Labute approximate surface area is 154 Å². The van der Waals surface area contributed by atoms with Gasteiger partial charge in [0, 0.05) is 18.3 Å². The second-order valence-corrected chi connectivity index (χ2v) is 6.16. The zero-order valence-corrected chi connectivity index (χ0v) is 14.6. The summed E-state index contributed by atoms with van der Waals surface area (Å²) < 4.78 is 14.9. The molecule has 2 aromatic carbocycles. The van der Waals surface area contributed by atoms with Gasteiger partial charge in [0.25, 0.3) is 5.91 Å². The number of aryl methyl sites for hydroxylation is 1. The third-order valence-electron chi connectivity index (χ3n) is 4.25. The van der Waals surface area contributed by atoms with Gasteiger partial charge in [0.2, 0.25) is 0 Å². The highest BCUT2D eigenvalue weighted by Gasteiger charge is 2.13. The third kappa shape index (κ3) is 3.39. The van der Waals surface area contributed by atoms with Crippen molar-refractivity contribution in [1.82, 2.24) is 25.3 Å². The molecule has 1 amide bonds. The quantitative estimate of drug-likeness (QED) is 0.606. The van der Waals surface area contributed by atoms with E-state index in [1.807, 2.05) is 19.1 Å². The van der Waals surface area contributed by atoms with Gasteiger partial charge in [-0.1, -0.05) is 23.4 Å². The lowest BCUT2D eigenvalue weighted by molar-refractivity contribution is 0.0951. The summed E-state index contributed by atoms with van der Waals surface area (Å²) in [4.78, 5) is 16.9. The van der Waals surface area contributed by atoms with E-state index in [-0.39, 0.29) is 18.3 Å². The fourth-order valence-electron chi connectivity index (χ4n) is 2.84. The van der Waals surface area contributed by atoms with Crippen LogP contribution in [0.15, 0.2) is 60.8 Å². The van der Waals surface area contributed by atoms with E-state index in [1.54, 1.807) is 41.2 Å². The minimum atomic E-state index is -0.329. The molecule has 0 spiro atoms. The maximum atomic E-state index is 13.3. The Balaban J connectivity index is 1.61. The van der Waals surface area contributed by atoms with Gasteiger partial charge in [0.05, 0.1) is 5.69 Å². The molecule has 0 aliphatic heterocycles. The average molecular weight is 361 g/mol. The van der Waals surface area contributed by atoms with E-state index in [0.29, 0.717) is 22.3 Å². The van der Waals surface area contributed by atoms with Crippen molar-refractivity contribution in [3.8, 4) is 5.69 Å². The first-order chi connectivity index (χ1) is 13.1. The highest BCUT2D eigenvalue weighted by Crippen LogP contribution is 2.19. The summed E-state index contributed by atoms with van der Waals surface area (Å²) in [6, 6.07) is 15.1. The lowest BCUT2D eigenvalue weighted by atomic mass is 10.1. The SMILES string of the molecule is Cc1ccc(C(=O)NCc2cccc(F)c2)cc1-n1nnc2cccnc21. The normalized spacial score (nSPS) is 10.9. The van der Waals surface area contributed by atoms with Gasteiger partial charge in [0.1, 0.15) is 11.3 Å².